The highest BCUT2D eigenvalue weighted by atomic mass is 127. The second kappa shape index (κ2) is 4.80. The summed E-state index contributed by atoms with van der Waals surface area (Å²) in [5, 5.41) is 2.37. The van der Waals surface area contributed by atoms with Crippen molar-refractivity contribution in [3.8, 4) is 5.82 Å². The maximum Gasteiger partial charge on any atom is 0.146 e. The molecule has 3 heterocycles. The Morgan fingerprint density at radius 3 is 2.76 bits per heavy atom. The molecular weight excluding hydrogens is 373 g/mol. The van der Waals surface area contributed by atoms with E-state index in [1.54, 1.807) is 0 Å². The van der Waals surface area contributed by atoms with Crippen molar-refractivity contribution in [3.05, 3.63) is 64.0 Å². The van der Waals surface area contributed by atoms with Crippen LogP contribution in [0.3, 0.4) is 0 Å². The first-order valence-electron chi connectivity index (χ1n) is 6.73. The first-order chi connectivity index (χ1) is 10.2. The molecule has 0 aliphatic carbocycles. The molecule has 0 aliphatic rings. The molecule has 3 nitrogen and oxygen atoms in total. The summed E-state index contributed by atoms with van der Waals surface area (Å²) < 4.78 is 3.11. The molecule has 21 heavy (non-hydrogen) atoms. The van der Waals surface area contributed by atoms with Crippen LogP contribution in [0.1, 0.15) is 5.56 Å². The van der Waals surface area contributed by atoms with Crippen LogP contribution in [0.4, 0.5) is 0 Å². The van der Waals surface area contributed by atoms with Gasteiger partial charge in [-0.2, -0.15) is 0 Å². The van der Waals surface area contributed by atoms with E-state index in [-0.39, 0.29) is 0 Å². The highest BCUT2D eigenvalue weighted by molar-refractivity contribution is 14.1. The molecule has 0 fully saturated rings. The van der Waals surface area contributed by atoms with Gasteiger partial charge < -0.3 is 0 Å². The van der Waals surface area contributed by atoms with E-state index in [2.05, 4.69) is 68.3 Å². The average molecular weight is 385 g/mol. The molecule has 4 aromatic rings. The van der Waals surface area contributed by atoms with Gasteiger partial charge in [0.25, 0.3) is 0 Å². The van der Waals surface area contributed by atoms with Gasteiger partial charge in [-0.25, -0.2) is 9.97 Å². The smallest absolute Gasteiger partial charge is 0.146 e. The quantitative estimate of drug-likeness (QED) is 0.357. The predicted octanol–water partition coefficient (Wildman–Crippen LogP) is 4.49. The fraction of sp³-hybridized carbons (Fsp3) is 0.0588. The maximum absolute atomic E-state index is 4.66. The van der Waals surface area contributed by atoms with Crippen molar-refractivity contribution >= 4 is 44.5 Å². The van der Waals surface area contributed by atoms with Crippen LogP contribution in [0.15, 0.2) is 54.7 Å². The third-order valence-electron chi connectivity index (χ3n) is 3.61. The third-order valence-corrected chi connectivity index (χ3v) is 4.21. The first-order valence-corrected chi connectivity index (χ1v) is 7.80. The Morgan fingerprint density at radius 1 is 1.00 bits per heavy atom. The number of rotatable bonds is 1. The summed E-state index contributed by atoms with van der Waals surface area (Å²) in [6.45, 7) is 2.11. The van der Waals surface area contributed by atoms with Gasteiger partial charge in [0.2, 0.25) is 0 Å². The molecule has 0 amide bonds. The van der Waals surface area contributed by atoms with E-state index < -0.39 is 0 Å². The summed E-state index contributed by atoms with van der Waals surface area (Å²) in [6, 6.07) is 16.6. The van der Waals surface area contributed by atoms with Gasteiger partial charge in [0.15, 0.2) is 0 Å². The lowest BCUT2D eigenvalue weighted by Crippen LogP contribution is -1.99. The minimum absolute atomic E-state index is 0.909. The Hall–Kier alpha value is -1.95. The second-order valence-electron chi connectivity index (χ2n) is 5.05. The van der Waals surface area contributed by atoms with E-state index in [1.807, 2.05) is 30.5 Å². The fourth-order valence-electron chi connectivity index (χ4n) is 2.71. The van der Waals surface area contributed by atoms with Gasteiger partial charge >= 0.3 is 0 Å². The lowest BCUT2D eigenvalue weighted by molar-refractivity contribution is 1.04. The topological polar surface area (TPSA) is 30.7 Å². The Labute approximate surface area is 135 Å². The molecule has 0 radical (unpaired) electrons. The van der Waals surface area contributed by atoms with Gasteiger partial charge in [-0.3, -0.25) is 4.57 Å². The number of pyridine rings is 2. The van der Waals surface area contributed by atoms with E-state index >= 15 is 0 Å². The van der Waals surface area contributed by atoms with Gasteiger partial charge in [-0.1, -0.05) is 18.2 Å². The van der Waals surface area contributed by atoms with Crippen LogP contribution in [-0.4, -0.2) is 14.5 Å². The molecule has 0 atom stereocenters. The number of aryl methyl sites for hydroxylation is 1. The van der Waals surface area contributed by atoms with Crippen molar-refractivity contribution in [2.24, 2.45) is 0 Å². The molecule has 3 aromatic heterocycles. The molecule has 0 spiro atoms. The van der Waals surface area contributed by atoms with Crippen LogP contribution >= 0.6 is 22.6 Å². The van der Waals surface area contributed by atoms with E-state index in [4.69, 9.17) is 0 Å². The summed E-state index contributed by atoms with van der Waals surface area (Å²) in [7, 11) is 0. The molecular formula is C17H12IN3. The number of halogens is 1. The Kier molecular flexibility index (Phi) is 2.92. The second-order valence-corrected chi connectivity index (χ2v) is 6.15. The zero-order valence-corrected chi connectivity index (χ0v) is 13.6. The molecule has 0 unspecified atom stereocenters. The summed E-state index contributed by atoms with van der Waals surface area (Å²) >= 11 is 2.24. The molecule has 0 saturated carbocycles. The number of benzene rings is 1. The molecule has 1 aromatic carbocycles. The lowest BCUT2D eigenvalue weighted by Gasteiger charge is -2.06. The van der Waals surface area contributed by atoms with Crippen LogP contribution in [0, 0.1) is 10.6 Å². The monoisotopic (exact) mass is 385 g/mol. The molecule has 102 valence electrons. The zero-order valence-electron chi connectivity index (χ0n) is 11.4. The highest BCUT2D eigenvalue weighted by Gasteiger charge is 2.13. The minimum atomic E-state index is 0.909. The van der Waals surface area contributed by atoms with Crippen molar-refractivity contribution in [1.82, 2.24) is 14.5 Å². The number of aromatic nitrogens is 3. The molecule has 0 aliphatic heterocycles. The van der Waals surface area contributed by atoms with Crippen LogP contribution < -0.4 is 0 Å². The largest absolute Gasteiger partial charge is 0.278 e. The van der Waals surface area contributed by atoms with Gasteiger partial charge in [0, 0.05) is 17.0 Å². The normalized spacial score (nSPS) is 11.3. The summed E-state index contributed by atoms with van der Waals surface area (Å²) in [6.07, 6.45) is 1.83. The molecule has 0 saturated heterocycles. The Balaban J connectivity index is 2.21. The number of nitrogens with zero attached hydrogens (tertiary/aromatic N) is 3. The Morgan fingerprint density at radius 2 is 1.90 bits per heavy atom. The average Bonchev–Trinajstić information content (AvgIpc) is 2.80. The van der Waals surface area contributed by atoms with Gasteiger partial charge in [-0.05, 0) is 65.4 Å². The van der Waals surface area contributed by atoms with Crippen LogP contribution in [0.25, 0.3) is 27.8 Å². The molecule has 4 rings (SSSR count). The summed E-state index contributed by atoms with van der Waals surface area (Å²) in [5.41, 5.74) is 3.34. The first kappa shape index (κ1) is 12.8. The van der Waals surface area contributed by atoms with Crippen molar-refractivity contribution < 1.29 is 0 Å². The van der Waals surface area contributed by atoms with Crippen LogP contribution in [-0.2, 0) is 0 Å². The van der Waals surface area contributed by atoms with Crippen molar-refractivity contribution in [2.45, 2.75) is 6.92 Å². The fourth-order valence-corrected chi connectivity index (χ4v) is 3.16. The van der Waals surface area contributed by atoms with Crippen LogP contribution in [0.2, 0.25) is 0 Å². The van der Waals surface area contributed by atoms with E-state index in [0.717, 1.165) is 26.1 Å². The SMILES string of the molecule is Cc1ccc2c3cccnc3n(-c3cccc(I)n3)c2c1. The van der Waals surface area contributed by atoms with E-state index in [9.17, 15) is 0 Å². The number of hydrogen-bond donors (Lipinski definition) is 0. The van der Waals surface area contributed by atoms with Gasteiger partial charge in [-0.15, -0.1) is 0 Å². The molecule has 4 heteroatoms. The zero-order chi connectivity index (χ0) is 14.4. The van der Waals surface area contributed by atoms with Crippen molar-refractivity contribution in [2.75, 3.05) is 0 Å². The molecule has 0 N–H and O–H groups in total. The van der Waals surface area contributed by atoms with Crippen molar-refractivity contribution in [3.63, 3.8) is 0 Å². The summed E-state index contributed by atoms with van der Waals surface area (Å²) in [4.78, 5) is 9.23. The lowest BCUT2D eigenvalue weighted by atomic mass is 10.1. The molecule has 0 bridgehead atoms. The van der Waals surface area contributed by atoms with E-state index in [0.29, 0.717) is 0 Å². The van der Waals surface area contributed by atoms with Gasteiger partial charge in [0.1, 0.15) is 15.2 Å². The summed E-state index contributed by atoms with van der Waals surface area (Å²) in [5.74, 6) is 0.909. The maximum atomic E-state index is 4.66. The Bertz CT molecular complexity index is 972. The van der Waals surface area contributed by atoms with Gasteiger partial charge in [0.05, 0.1) is 5.52 Å². The third kappa shape index (κ3) is 2.01. The predicted molar refractivity (Wildman–Crippen MR) is 93.8 cm³/mol. The van der Waals surface area contributed by atoms with E-state index in [1.165, 1.54) is 10.9 Å². The highest BCUT2D eigenvalue weighted by Crippen LogP contribution is 2.30. The number of fused-ring (bicyclic) bond motifs is 3. The number of hydrogen-bond acceptors (Lipinski definition) is 2. The minimum Gasteiger partial charge on any atom is -0.278 e. The van der Waals surface area contributed by atoms with Crippen LogP contribution in [0.5, 0.6) is 0 Å². The standard InChI is InChI=1S/C17H12IN3/c1-11-7-8-12-13-4-3-9-19-17(13)21(14(12)10-11)16-6-2-5-15(18)20-16/h2-10H,1H3. The van der Waals surface area contributed by atoms with Crippen molar-refractivity contribution in [1.29, 1.82) is 0 Å².